The number of carbonyl (C=O) groups is 2. The lowest BCUT2D eigenvalue weighted by molar-refractivity contribution is -0.142. The molecule has 0 fully saturated rings. The van der Waals surface area contributed by atoms with Gasteiger partial charge >= 0.3 is 13.1 Å². The Morgan fingerprint density at radius 3 is 2.03 bits per heavy atom. The monoisotopic (exact) mass is 409 g/mol. The number of ether oxygens (including phenoxy) is 1. The average Bonchev–Trinajstić information content (AvgIpc) is 2.68. The van der Waals surface area contributed by atoms with Crippen molar-refractivity contribution in [2.45, 2.75) is 12.5 Å². The zero-order valence-corrected chi connectivity index (χ0v) is 16.0. The van der Waals surface area contributed by atoms with Crippen LogP contribution in [-0.2, 0) is 25.3 Å². The highest BCUT2D eigenvalue weighted by molar-refractivity contribution is 6.61. The maximum Gasteiger partial charge on any atom is 0.493 e. The summed E-state index contributed by atoms with van der Waals surface area (Å²) in [5.41, 5.74) is 0.377. The first kappa shape index (κ1) is 22.4. The van der Waals surface area contributed by atoms with Crippen molar-refractivity contribution in [3.63, 3.8) is 0 Å². The molecule has 0 heterocycles. The van der Waals surface area contributed by atoms with E-state index in [9.17, 15) is 22.8 Å². The van der Waals surface area contributed by atoms with Crippen LogP contribution in [0.5, 0.6) is 0 Å². The molecule has 0 spiro atoms. The Balaban J connectivity index is 2.20. The van der Waals surface area contributed by atoms with E-state index in [-0.39, 0.29) is 6.42 Å². The molecule has 2 aromatic rings. The Labute approximate surface area is 166 Å². The van der Waals surface area contributed by atoms with Crippen LogP contribution in [0.3, 0.4) is 0 Å². The van der Waals surface area contributed by atoms with Gasteiger partial charge in [0.2, 0.25) is 0 Å². The fourth-order valence-corrected chi connectivity index (χ4v) is 2.74. The number of esters is 1. The summed E-state index contributed by atoms with van der Waals surface area (Å²) in [6.07, 6.45) is -0.00619. The Hall–Kier alpha value is -2.85. The average molecular weight is 409 g/mol. The van der Waals surface area contributed by atoms with Crippen LogP contribution in [0, 0.1) is 17.5 Å². The van der Waals surface area contributed by atoms with Crippen molar-refractivity contribution < 1.29 is 36.8 Å². The second-order valence-corrected chi connectivity index (χ2v) is 6.04. The minimum Gasteiger partial charge on any atom is -0.467 e. The van der Waals surface area contributed by atoms with Crippen molar-refractivity contribution in [3.8, 4) is 0 Å². The molecule has 0 saturated heterocycles. The molecule has 2 aromatic carbocycles. The SMILES string of the molecule is COB(OC)c1ccc(C[C@H](NC(=O)c2c(F)cc(F)cc2F)C(=O)OC)cc1. The molecule has 29 heavy (non-hydrogen) atoms. The highest BCUT2D eigenvalue weighted by atomic mass is 19.1. The molecule has 2 rings (SSSR count). The highest BCUT2D eigenvalue weighted by Crippen LogP contribution is 2.15. The lowest BCUT2D eigenvalue weighted by Crippen LogP contribution is -2.43. The van der Waals surface area contributed by atoms with Crippen LogP contribution in [0.2, 0.25) is 0 Å². The molecule has 1 N–H and O–H groups in total. The number of amides is 1. The van der Waals surface area contributed by atoms with Gasteiger partial charge in [-0.05, 0) is 11.0 Å². The van der Waals surface area contributed by atoms with Gasteiger partial charge in [-0.2, -0.15) is 0 Å². The van der Waals surface area contributed by atoms with Gasteiger partial charge in [-0.25, -0.2) is 18.0 Å². The van der Waals surface area contributed by atoms with E-state index in [0.29, 0.717) is 17.7 Å². The molecular formula is C19H19BF3NO5. The van der Waals surface area contributed by atoms with E-state index < -0.39 is 48.1 Å². The van der Waals surface area contributed by atoms with Gasteiger partial charge in [-0.1, -0.05) is 24.3 Å². The molecule has 0 aromatic heterocycles. The van der Waals surface area contributed by atoms with Gasteiger partial charge in [0, 0.05) is 32.8 Å². The third-order valence-electron chi connectivity index (χ3n) is 4.14. The zero-order valence-electron chi connectivity index (χ0n) is 16.0. The summed E-state index contributed by atoms with van der Waals surface area (Å²) >= 11 is 0. The molecule has 0 radical (unpaired) electrons. The first-order valence-electron chi connectivity index (χ1n) is 8.48. The topological polar surface area (TPSA) is 73.9 Å². The Kier molecular flexibility index (Phi) is 7.80. The quantitative estimate of drug-likeness (QED) is 0.530. The van der Waals surface area contributed by atoms with E-state index in [2.05, 4.69) is 10.1 Å². The molecule has 0 bridgehead atoms. The zero-order chi connectivity index (χ0) is 21.6. The van der Waals surface area contributed by atoms with Crippen LogP contribution in [0.1, 0.15) is 15.9 Å². The van der Waals surface area contributed by atoms with Crippen LogP contribution in [-0.4, -0.2) is 46.4 Å². The van der Waals surface area contributed by atoms with Crippen LogP contribution in [0.4, 0.5) is 13.2 Å². The molecule has 0 saturated carbocycles. The first-order valence-corrected chi connectivity index (χ1v) is 8.48. The van der Waals surface area contributed by atoms with E-state index in [1.165, 1.54) is 14.2 Å². The van der Waals surface area contributed by atoms with E-state index in [0.717, 1.165) is 12.6 Å². The maximum absolute atomic E-state index is 13.8. The number of methoxy groups -OCH3 is 1. The van der Waals surface area contributed by atoms with Crippen molar-refractivity contribution in [1.82, 2.24) is 5.32 Å². The van der Waals surface area contributed by atoms with Crippen LogP contribution >= 0.6 is 0 Å². The summed E-state index contributed by atoms with van der Waals surface area (Å²) in [4.78, 5) is 24.3. The number of nitrogens with one attached hydrogen (secondary N) is 1. The lowest BCUT2D eigenvalue weighted by atomic mass is 9.78. The summed E-state index contributed by atoms with van der Waals surface area (Å²) in [7, 11) is 3.52. The number of hydrogen-bond donors (Lipinski definition) is 1. The Morgan fingerprint density at radius 2 is 1.55 bits per heavy atom. The summed E-state index contributed by atoms with van der Waals surface area (Å²) in [5.74, 6) is -5.93. The maximum atomic E-state index is 13.8. The fourth-order valence-electron chi connectivity index (χ4n) is 2.74. The van der Waals surface area contributed by atoms with Gasteiger partial charge in [0.05, 0.1) is 7.11 Å². The van der Waals surface area contributed by atoms with Gasteiger partial charge < -0.3 is 19.4 Å². The van der Waals surface area contributed by atoms with E-state index in [4.69, 9.17) is 9.31 Å². The first-order chi connectivity index (χ1) is 13.8. The number of rotatable bonds is 8. The van der Waals surface area contributed by atoms with Crippen LogP contribution in [0.25, 0.3) is 0 Å². The molecule has 154 valence electrons. The predicted octanol–water partition coefficient (Wildman–Crippen LogP) is 1.61. The number of hydrogen-bond acceptors (Lipinski definition) is 5. The highest BCUT2D eigenvalue weighted by Gasteiger charge is 2.27. The molecular weight excluding hydrogens is 390 g/mol. The van der Waals surface area contributed by atoms with Gasteiger partial charge in [-0.15, -0.1) is 0 Å². The standard InChI is InChI=1S/C19H19BF3NO5/c1-27-19(26)16(8-11-4-6-12(7-5-11)20(28-2)29-3)24-18(25)17-14(22)9-13(21)10-15(17)23/h4-7,9-10,16H,8H2,1-3H3,(H,24,25)/t16-/m0/s1. The van der Waals surface area contributed by atoms with Gasteiger partial charge in [0.1, 0.15) is 29.1 Å². The molecule has 0 aliphatic heterocycles. The second kappa shape index (κ2) is 10.1. The largest absolute Gasteiger partial charge is 0.493 e. The molecule has 0 unspecified atom stereocenters. The Morgan fingerprint density at radius 1 is 1.00 bits per heavy atom. The normalized spacial score (nSPS) is 11.7. The van der Waals surface area contributed by atoms with Crippen molar-refractivity contribution in [2.24, 2.45) is 0 Å². The van der Waals surface area contributed by atoms with Gasteiger partial charge in [0.15, 0.2) is 0 Å². The van der Waals surface area contributed by atoms with Crippen molar-refractivity contribution >= 4 is 24.5 Å². The van der Waals surface area contributed by atoms with Crippen molar-refractivity contribution in [2.75, 3.05) is 21.3 Å². The van der Waals surface area contributed by atoms with E-state index in [1.54, 1.807) is 24.3 Å². The molecule has 6 nitrogen and oxygen atoms in total. The molecule has 0 aliphatic carbocycles. The van der Waals surface area contributed by atoms with Gasteiger partial charge in [0.25, 0.3) is 5.91 Å². The molecule has 10 heteroatoms. The second-order valence-electron chi connectivity index (χ2n) is 6.04. The Bertz CT molecular complexity index is 852. The number of halogens is 3. The number of carbonyl (C=O) groups excluding carboxylic acids is 2. The molecule has 1 atom stereocenters. The van der Waals surface area contributed by atoms with Crippen LogP contribution < -0.4 is 10.8 Å². The third-order valence-corrected chi connectivity index (χ3v) is 4.14. The van der Waals surface area contributed by atoms with Gasteiger partial charge in [-0.3, -0.25) is 4.79 Å². The van der Waals surface area contributed by atoms with E-state index >= 15 is 0 Å². The van der Waals surface area contributed by atoms with Crippen LogP contribution in [0.15, 0.2) is 36.4 Å². The number of benzene rings is 2. The van der Waals surface area contributed by atoms with Crippen molar-refractivity contribution in [1.29, 1.82) is 0 Å². The minimum absolute atomic E-state index is 0.00619. The molecule has 1 amide bonds. The fraction of sp³-hybridized carbons (Fsp3) is 0.263. The van der Waals surface area contributed by atoms with E-state index in [1.807, 2.05) is 0 Å². The summed E-state index contributed by atoms with van der Waals surface area (Å²) in [6, 6.07) is 6.33. The summed E-state index contributed by atoms with van der Waals surface area (Å²) < 4.78 is 55.6. The summed E-state index contributed by atoms with van der Waals surface area (Å²) in [5, 5.41) is 2.23. The summed E-state index contributed by atoms with van der Waals surface area (Å²) in [6.45, 7) is 0. The van der Waals surface area contributed by atoms with Crippen molar-refractivity contribution in [3.05, 3.63) is 65.0 Å². The minimum atomic E-state index is -1.38. The molecule has 0 aliphatic rings. The smallest absolute Gasteiger partial charge is 0.467 e. The third kappa shape index (κ3) is 5.58. The predicted molar refractivity (Wildman–Crippen MR) is 99.1 cm³/mol. The lowest BCUT2D eigenvalue weighted by Gasteiger charge is -2.17.